The minimum absolute atomic E-state index is 0.0321. The van der Waals surface area contributed by atoms with E-state index in [-0.39, 0.29) is 17.2 Å². The third-order valence-electron chi connectivity index (χ3n) is 3.17. The number of carbonyl (C=O) groups is 1. The predicted molar refractivity (Wildman–Crippen MR) is 69.8 cm³/mol. The smallest absolute Gasteiger partial charge is 0.374 e. The Labute approximate surface area is 114 Å². The van der Waals surface area contributed by atoms with Crippen molar-refractivity contribution in [3.63, 3.8) is 0 Å². The van der Waals surface area contributed by atoms with Gasteiger partial charge in [-0.05, 0) is 37.5 Å². The lowest BCUT2D eigenvalue weighted by Gasteiger charge is -2.13. The summed E-state index contributed by atoms with van der Waals surface area (Å²) < 4.78 is 4.70. The second kappa shape index (κ2) is 4.59. The number of phenols is 1. The van der Waals surface area contributed by atoms with Crippen LogP contribution in [0.25, 0.3) is 11.3 Å². The fraction of sp³-hybridized carbons (Fsp3) is 0.231. The van der Waals surface area contributed by atoms with Gasteiger partial charge < -0.3 is 14.7 Å². The summed E-state index contributed by atoms with van der Waals surface area (Å²) in [5, 5.41) is 23.2. The summed E-state index contributed by atoms with van der Waals surface area (Å²) in [5.74, 6) is -1.47. The van der Waals surface area contributed by atoms with Crippen LogP contribution in [0, 0.1) is 20.8 Å². The van der Waals surface area contributed by atoms with Crippen LogP contribution < -0.4 is 0 Å². The molecule has 1 aromatic carbocycles. The molecule has 2 rings (SSSR count). The van der Waals surface area contributed by atoms with Gasteiger partial charge in [-0.15, -0.1) is 0 Å². The van der Waals surface area contributed by atoms with Gasteiger partial charge in [-0.1, -0.05) is 16.8 Å². The normalized spacial score (nSPS) is 10.7. The predicted octanol–water partition coefficient (Wildman–Crippen LogP) is 3.32. The maximum absolute atomic E-state index is 10.8. The first-order valence-corrected chi connectivity index (χ1v) is 5.91. The van der Waals surface area contributed by atoms with Crippen molar-refractivity contribution in [2.45, 2.75) is 20.8 Å². The Hall–Kier alpha value is -2.01. The van der Waals surface area contributed by atoms with Gasteiger partial charge in [0.1, 0.15) is 11.4 Å². The van der Waals surface area contributed by atoms with E-state index in [4.69, 9.17) is 21.2 Å². The summed E-state index contributed by atoms with van der Waals surface area (Å²) in [6, 6.07) is 1.26. The number of halogens is 1. The summed E-state index contributed by atoms with van der Waals surface area (Å²) in [4.78, 5) is 10.8. The number of nitrogens with zero attached hydrogens (tertiary/aromatic N) is 1. The van der Waals surface area contributed by atoms with Crippen molar-refractivity contribution >= 4 is 17.6 Å². The van der Waals surface area contributed by atoms with E-state index in [1.54, 1.807) is 20.8 Å². The van der Waals surface area contributed by atoms with E-state index in [0.29, 0.717) is 21.7 Å². The molecule has 0 aliphatic heterocycles. The van der Waals surface area contributed by atoms with Crippen molar-refractivity contribution in [1.29, 1.82) is 0 Å². The molecule has 0 radical (unpaired) electrons. The van der Waals surface area contributed by atoms with Gasteiger partial charge in [-0.25, -0.2) is 4.79 Å². The fourth-order valence-electron chi connectivity index (χ4n) is 1.91. The van der Waals surface area contributed by atoms with Gasteiger partial charge in [-0.2, -0.15) is 0 Å². The molecule has 2 aromatic rings. The molecule has 0 fully saturated rings. The van der Waals surface area contributed by atoms with E-state index in [2.05, 4.69) is 5.16 Å². The van der Waals surface area contributed by atoms with Crippen molar-refractivity contribution in [2.24, 2.45) is 0 Å². The van der Waals surface area contributed by atoms with Crippen LogP contribution in [-0.2, 0) is 0 Å². The average Bonchev–Trinajstić information content (AvgIpc) is 2.84. The number of rotatable bonds is 2. The van der Waals surface area contributed by atoms with Crippen LogP contribution >= 0.6 is 11.6 Å². The lowest BCUT2D eigenvalue weighted by molar-refractivity contribution is 0.0652. The summed E-state index contributed by atoms with van der Waals surface area (Å²) >= 11 is 6.19. The molecule has 1 heterocycles. The van der Waals surface area contributed by atoms with Crippen molar-refractivity contribution < 1.29 is 19.5 Å². The number of carboxylic acid groups (broad SMARTS) is 1. The first-order chi connectivity index (χ1) is 8.84. The van der Waals surface area contributed by atoms with Crippen molar-refractivity contribution in [1.82, 2.24) is 5.16 Å². The topological polar surface area (TPSA) is 83.6 Å². The molecule has 2 N–H and O–H groups in total. The highest BCUT2D eigenvalue weighted by molar-refractivity contribution is 6.32. The first kappa shape index (κ1) is 13.4. The Morgan fingerprint density at radius 3 is 2.42 bits per heavy atom. The Kier molecular flexibility index (Phi) is 3.24. The Morgan fingerprint density at radius 2 is 1.89 bits per heavy atom. The molecule has 0 atom stereocenters. The monoisotopic (exact) mass is 281 g/mol. The second-order valence-electron chi connectivity index (χ2n) is 4.29. The van der Waals surface area contributed by atoms with Crippen LogP contribution in [0.15, 0.2) is 10.6 Å². The molecule has 0 bridgehead atoms. The molecule has 0 spiro atoms. The highest BCUT2D eigenvalue weighted by Crippen LogP contribution is 2.40. The van der Waals surface area contributed by atoms with Gasteiger partial charge in [-0.3, -0.25) is 0 Å². The van der Waals surface area contributed by atoms with E-state index >= 15 is 0 Å². The minimum Gasteiger partial charge on any atom is -0.507 e. The molecule has 19 heavy (non-hydrogen) atoms. The van der Waals surface area contributed by atoms with E-state index < -0.39 is 5.97 Å². The molecule has 6 heteroatoms. The number of benzene rings is 1. The number of aromatic nitrogens is 1. The zero-order valence-corrected chi connectivity index (χ0v) is 11.4. The fourth-order valence-corrected chi connectivity index (χ4v) is 2.14. The quantitative estimate of drug-likeness (QED) is 0.882. The van der Waals surface area contributed by atoms with Gasteiger partial charge in [0, 0.05) is 11.1 Å². The highest BCUT2D eigenvalue weighted by atomic mass is 35.5. The van der Waals surface area contributed by atoms with E-state index in [1.165, 1.54) is 6.07 Å². The van der Waals surface area contributed by atoms with Crippen LogP contribution in [-0.4, -0.2) is 21.3 Å². The third kappa shape index (κ3) is 2.06. The van der Waals surface area contributed by atoms with E-state index in [9.17, 15) is 9.90 Å². The molecule has 0 saturated heterocycles. The first-order valence-electron chi connectivity index (χ1n) is 5.53. The molecule has 100 valence electrons. The number of aromatic hydroxyl groups is 1. The lowest BCUT2D eigenvalue weighted by Crippen LogP contribution is -1.94. The molecule has 5 nitrogen and oxygen atoms in total. The number of hydrogen-bond acceptors (Lipinski definition) is 4. The Balaban J connectivity index is 2.71. The van der Waals surface area contributed by atoms with Crippen molar-refractivity contribution in [2.75, 3.05) is 0 Å². The molecule has 0 aliphatic rings. The van der Waals surface area contributed by atoms with Gasteiger partial charge in [0.25, 0.3) is 0 Å². The average molecular weight is 282 g/mol. The molecule has 0 amide bonds. The summed E-state index contributed by atoms with van der Waals surface area (Å²) in [6.07, 6.45) is 0. The summed E-state index contributed by atoms with van der Waals surface area (Å²) in [6.45, 7) is 5.27. The van der Waals surface area contributed by atoms with Gasteiger partial charge in [0.05, 0.1) is 5.56 Å². The zero-order valence-electron chi connectivity index (χ0n) is 10.6. The van der Waals surface area contributed by atoms with Gasteiger partial charge in [0.15, 0.2) is 0 Å². The van der Waals surface area contributed by atoms with Gasteiger partial charge in [0.2, 0.25) is 5.76 Å². The van der Waals surface area contributed by atoms with E-state index in [1.807, 2.05) is 0 Å². The number of carboxylic acids is 1. The van der Waals surface area contributed by atoms with E-state index in [0.717, 1.165) is 5.56 Å². The van der Waals surface area contributed by atoms with Crippen LogP contribution in [0.1, 0.15) is 27.2 Å². The highest BCUT2D eigenvalue weighted by Gasteiger charge is 2.21. The zero-order chi connectivity index (χ0) is 14.3. The standard InChI is InChI=1S/C13H12ClNO4/c1-5-6(2)12(16)10(7(3)11(5)14)8-4-9(13(17)18)19-15-8/h4,16H,1-3H3,(H,17,18). The second-order valence-corrected chi connectivity index (χ2v) is 4.67. The lowest BCUT2D eigenvalue weighted by atomic mass is 9.96. The SMILES string of the molecule is Cc1c(C)c(Cl)c(C)c(-c2cc(C(=O)O)on2)c1O. The van der Waals surface area contributed by atoms with Gasteiger partial charge >= 0.3 is 5.97 Å². The maximum Gasteiger partial charge on any atom is 0.374 e. The van der Waals surface area contributed by atoms with Crippen LogP contribution in [0.5, 0.6) is 5.75 Å². The van der Waals surface area contributed by atoms with Crippen LogP contribution in [0.2, 0.25) is 5.02 Å². The molecule has 0 unspecified atom stereocenters. The summed E-state index contributed by atoms with van der Waals surface area (Å²) in [7, 11) is 0. The van der Waals surface area contributed by atoms with Crippen LogP contribution in [0.3, 0.4) is 0 Å². The molecule has 0 aliphatic carbocycles. The Bertz CT molecular complexity index is 647. The molecule has 0 saturated carbocycles. The largest absolute Gasteiger partial charge is 0.507 e. The molecular weight excluding hydrogens is 270 g/mol. The maximum atomic E-state index is 10.8. The summed E-state index contributed by atoms with van der Waals surface area (Å²) in [5.41, 5.74) is 2.68. The number of aromatic carboxylic acids is 1. The van der Waals surface area contributed by atoms with Crippen LogP contribution in [0.4, 0.5) is 0 Å². The van der Waals surface area contributed by atoms with Crippen molar-refractivity contribution in [3.8, 4) is 17.0 Å². The Morgan fingerprint density at radius 1 is 1.26 bits per heavy atom. The minimum atomic E-state index is -1.22. The van der Waals surface area contributed by atoms with Crippen molar-refractivity contribution in [3.05, 3.63) is 33.5 Å². The number of hydrogen-bond donors (Lipinski definition) is 2. The third-order valence-corrected chi connectivity index (χ3v) is 3.73. The molecule has 1 aromatic heterocycles. The number of phenolic OH excluding ortho intramolecular Hbond substituents is 1. The molecular formula is C13H12ClNO4.